The van der Waals surface area contributed by atoms with Crippen LogP contribution in [0.25, 0.3) is 0 Å². The molecule has 1 aliphatic heterocycles. The molecule has 1 aliphatic rings. The van der Waals surface area contributed by atoms with Crippen molar-refractivity contribution in [1.29, 1.82) is 0 Å². The van der Waals surface area contributed by atoms with Gasteiger partial charge in [-0.05, 0) is 46.6 Å². The first-order chi connectivity index (χ1) is 11.9. The monoisotopic (exact) mass is 427 g/mol. The Morgan fingerprint density at radius 3 is 2.60 bits per heavy atom. The molecule has 25 heavy (non-hydrogen) atoms. The molecule has 8 heteroatoms. The summed E-state index contributed by atoms with van der Waals surface area (Å²) >= 11 is 3.23. The number of ether oxygens (including phenoxy) is 1. The lowest BCUT2D eigenvalue weighted by molar-refractivity contribution is -0.136. The number of nitrogens with zero attached hydrogens (tertiary/aromatic N) is 1. The van der Waals surface area contributed by atoms with Crippen molar-refractivity contribution in [3.63, 3.8) is 0 Å². The summed E-state index contributed by atoms with van der Waals surface area (Å²) in [6, 6.07) is 12.2. The van der Waals surface area contributed by atoms with Crippen molar-refractivity contribution in [2.24, 2.45) is 0 Å². The number of carbonyl (C=O) groups is 1. The number of amides is 1. The minimum atomic E-state index is -3.10. The lowest BCUT2D eigenvalue weighted by atomic mass is 10.2. The van der Waals surface area contributed by atoms with Crippen LogP contribution in [0.1, 0.15) is 12.2 Å². The van der Waals surface area contributed by atoms with E-state index in [1.165, 1.54) is 0 Å². The maximum Gasteiger partial charge on any atom is 0.261 e. The predicted octanol–water partition coefficient (Wildman–Crippen LogP) is 2.64. The molecule has 134 valence electrons. The highest BCUT2D eigenvalue weighted by molar-refractivity contribution is 9.10. The molecule has 6 nitrogen and oxygen atoms in total. The smallest absolute Gasteiger partial charge is 0.261 e. The zero-order valence-corrected chi connectivity index (χ0v) is 15.8. The fourth-order valence-corrected chi connectivity index (χ4v) is 4.86. The fraction of sp³-hybridized carbons (Fsp3) is 0.353. The molecule has 0 N–H and O–H groups in total. The van der Waals surface area contributed by atoms with Gasteiger partial charge in [0.15, 0.2) is 21.1 Å². The number of hydrogen-bond donors (Lipinski definition) is 0. The lowest BCUT2D eigenvalue weighted by Gasteiger charge is -2.27. The molecule has 0 aliphatic carbocycles. The zero-order valence-electron chi connectivity index (χ0n) is 13.4. The molecule has 3 rings (SSSR count). The van der Waals surface area contributed by atoms with Crippen LogP contribution in [0.5, 0.6) is 5.75 Å². The first-order valence-corrected chi connectivity index (χ1v) is 10.5. The number of para-hydroxylation sites is 1. The Labute approximate surface area is 154 Å². The van der Waals surface area contributed by atoms with Gasteiger partial charge in [-0.15, -0.1) is 0 Å². The highest BCUT2D eigenvalue weighted by Crippen LogP contribution is 2.22. The van der Waals surface area contributed by atoms with Crippen LogP contribution in [0.4, 0.5) is 0 Å². The van der Waals surface area contributed by atoms with Crippen LogP contribution in [-0.4, -0.2) is 43.4 Å². The molecule has 0 unspecified atom stereocenters. The molecule has 2 heterocycles. The van der Waals surface area contributed by atoms with E-state index in [1.54, 1.807) is 29.2 Å². The Morgan fingerprint density at radius 1 is 1.24 bits per heavy atom. The number of rotatable bonds is 6. The molecule has 0 bridgehead atoms. The molecule has 1 fully saturated rings. The van der Waals surface area contributed by atoms with Crippen molar-refractivity contribution in [2.45, 2.75) is 19.0 Å². The zero-order chi connectivity index (χ0) is 17.9. The summed E-state index contributed by atoms with van der Waals surface area (Å²) in [7, 11) is -3.10. The van der Waals surface area contributed by atoms with Gasteiger partial charge in [-0.3, -0.25) is 4.79 Å². The third-order valence-corrected chi connectivity index (χ3v) is 6.21. The van der Waals surface area contributed by atoms with E-state index in [4.69, 9.17) is 9.15 Å². The number of carbonyl (C=O) groups excluding carboxylic acids is 1. The highest BCUT2D eigenvalue weighted by Gasteiger charge is 2.35. The van der Waals surface area contributed by atoms with Gasteiger partial charge in [0.05, 0.1) is 18.1 Å². The van der Waals surface area contributed by atoms with E-state index in [1.807, 2.05) is 18.2 Å². The number of hydrogen-bond acceptors (Lipinski definition) is 5. The predicted molar refractivity (Wildman–Crippen MR) is 96.0 cm³/mol. The van der Waals surface area contributed by atoms with E-state index < -0.39 is 9.84 Å². The van der Waals surface area contributed by atoms with Crippen molar-refractivity contribution >= 4 is 31.7 Å². The quantitative estimate of drug-likeness (QED) is 0.707. The summed E-state index contributed by atoms with van der Waals surface area (Å²) in [5.41, 5.74) is 0. The van der Waals surface area contributed by atoms with Gasteiger partial charge in [-0.2, -0.15) is 0 Å². The van der Waals surface area contributed by atoms with Crippen LogP contribution in [-0.2, 0) is 21.2 Å². The van der Waals surface area contributed by atoms with E-state index >= 15 is 0 Å². The van der Waals surface area contributed by atoms with Crippen molar-refractivity contribution in [3.05, 3.63) is 52.9 Å². The van der Waals surface area contributed by atoms with E-state index in [2.05, 4.69) is 15.9 Å². The molecular formula is C17H18BrNO5S. The van der Waals surface area contributed by atoms with E-state index in [0.717, 1.165) is 0 Å². The number of furan rings is 1. The molecule has 1 aromatic heterocycles. The maximum atomic E-state index is 12.7. The standard InChI is InChI=1S/C17H18BrNO5S/c18-16-7-6-15(24-16)10-19(13-8-9-25(21,22)12-13)17(20)11-23-14-4-2-1-3-5-14/h1-7,13H,8-12H2/t13-/m0/s1. The summed E-state index contributed by atoms with van der Waals surface area (Å²) in [5, 5.41) is 0. The van der Waals surface area contributed by atoms with Gasteiger partial charge in [0.1, 0.15) is 11.5 Å². The largest absolute Gasteiger partial charge is 0.484 e. The number of sulfone groups is 1. The minimum absolute atomic E-state index is 0.0219. The van der Waals surface area contributed by atoms with Crippen LogP contribution in [0.15, 0.2) is 51.6 Å². The second-order valence-corrected chi connectivity index (χ2v) is 8.90. The summed E-state index contributed by atoms with van der Waals surface area (Å²) in [4.78, 5) is 14.2. The Kier molecular flexibility index (Phi) is 5.48. The average Bonchev–Trinajstić information content (AvgIpc) is 3.16. The normalized spacial score (nSPS) is 18.8. The van der Waals surface area contributed by atoms with Crippen LogP contribution < -0.4 is 4.74 Å². The fourth-order valence-electron chi connectivity index (χ4n) is 2.79. The summed E-state index contributed by atoms with van der Waals surface area (Å²) in [5.74, 6) is 0.993. The summed E-state index contributed by atoms with van der Waals surface area (Å²) in [6.07, 6.45) is 0.432. The molecule has 0 radical (unpaired) electrons. The second kappa shape index (κ2) is 7.61. The molecule has 0 spiro atoms. The van der Waals surface area contributed by atoms with E-state index in [9.17, 15) is 13.2 Å². The third-order valence-electron chi connectivity index (χ3n) is 4.03. The number of benzene rings is 1. The molecule has 0 saturated carbocycles. The van der Waals surface area contributed by atoms with Gasteiger partial charge in [0, 0.05) is 6.04 Å². The first kappa shape index (κ1) is 18.0. The van der Waals surface area contributed by atoms with Gasteiger partial charge >= 0.3 is 0 Å². The molecular weight excluding hydrogens is 410 g/mol. The molecule has 1 atom stereocenters. The topological polar surface area (TPSA) is 76.8 Å². The Hall–Kier alpha value is -1.80. The second-order valence-electron chi connectivity index (χ2n) is 5.89. The maximum absolute atomic E-state index is 12.7. The van der Waals surface area contributed by atoms with Gasteiger partial charge in [0.2, 0.25) is 0 Å². The third kappa shape index (κ3) is 4.85. The van der Waals surface area contributed by atoms with E-state index in [-0.39, 0.29) is 36.6 Å². The van der Waals surface area contributed by atoms with Crippen molar-refractivity contribution < 1.29 is 22.4 Å². The highest BCUT2D eigenvalue weighted by atomic mass is 79.9. The van der Waals surface area contributed by atoms with Crippen LogP contribution in [0.3, 0.4) is 0 Å². The van der Waals surface area contributed by atoms with Gasteiger partial charge < -0.3 is 14.1 Å². The Morgan fingerprint density at radius 2 is 2.00 bits per heavy atom. The molecule has 1 amide bonds. The average molecular weight is 428 g/mol. The van der Waals surface area contributed by atoms with Crippen molar-refractivity contribution in [1.82, 2.24) is 4.90 Å². The van der Waals surface area contributed by atoms with Crippen LogP contribution in [0, 0.1) is 0 Å². The van der Waals surface area contributed by atoms with Gasteiger partial charge in [0.25, 0.3) is 5.91 Å². The Balaban J connectivity index is 1.71. The minimum Gasteiger partial charge on any atom is -0.484 e. The van der Waals surface area contributed by atoms with Crippen molar-refractivity contribution in [3.8, 4) is 5.75 Å². The SMILES string of the molecule is O=C(COc1ccccc1)N(Cc1ccc(Br)o1)[C@H]1CCS(=O)(=O)C1. The lowest BCUT2D eigenvalue weighted by Crippen LogP contribution is -2.43. The van der Waals surface area contributed by atoms with Gasteiger partial charge in [-0.25, -0.2) is 8.42 Å². The molecule has 1 saturated heterocycles. The van der Waals surface area contributed by atoms with Gasteiger partial charge in [-0.1, -0.05) is 18.2 Å². The van der Waals surface area contributed by atoms with Crippen molar-refractivity contribution in [2.75, 3.05) is 18.1 Å². The molecule has 1 aromatic carbocycles. The Bertz CT molecular complexity index is 834. The summed E-state index contributed by atoms with van der Waals surface area (Å²) < 4.78 is 35.2. The summed E-state index contributed by atoms with van der Waals surface area (Å²) in [6.45, 7) is 0.0607. The first-order valence-electron chi connectivity index (χ1n) is 7.85. The number of halogens is 1. The van der Waals surface area contributed by atoms with Crippen LogP contribution >= 0.6 is 15.9 Å². The van der Waals surface area contributed by atoms with Crippen LogP contribution in [0.2, 0.25) is 0 Å². The molecule has 2 aromatic rings. The van der Waals surface area contributed by atoms with E-state index in [0.29, 0.717) is 22.6 Å².